The van der Waals surface area contributed by atoms with E-state index in [1.54, 1.807) is 19.1 Å². The molecular formula is C12H18N2O3S. The van der Waals surface area contributed by atoms with Crippen LogP contribution in [0.4, 0.5) is 0 Å². The van der Waals surface area contributed by atoms with E-state index in [1.807, 2.05) is 11.6 Å². The standard InChI is InChI=1S/C12H18N2O3S/c1-9-3-5-11(6-4-9)18(16,17)14-12(15)7-10(2)8-13/h3-6,10H,7-8,13H2,1-2H3,(H,14,15). The molecule has 0 aliphatic heterocycles. The number of nitrogens with one attached hydrogen (secondary N) is 1. The number of hydrogen-bond acceptors (Lipinski definition) is 4. The highest BCUT2D eigenvalue weighted by Crippen LogP contribution is 2.10. The van der Waals surface area contributed by atoms with E-state index in [9.17, 15) is 13.2 Å². The SMILES string of the molecule is Cc1ccc(S(=O)(=O)NC(=O)CC(C)CN)cc1. The second-order valence-corrected chi connectivity index (χ2v) is 6.07. The van der Waals surface area contributed by atoms with Gasteiger partial charge < -0.3 is 5.73 Å². The van der Waals surface area contributed by atoms with Crippen molar-refractivity contribution in [2.24, 2.45) is 11.7 Å². The van der Waals surface area contributed by atoms with Crippen LogP contribution in [-0.2, 0) is 14.8 Å². The maximum Gasteiger partial charge on any atom is 0.264 e. The zero-order valence-corrected chi connectivity index (χ0v) is 11.3. The second kappa shape index (κ2) is 5.97. The molecule has 0 saturated heterocycles. The van der Waals surface area contributed by atoms with Crippen molar-refractivity contribution < 1.29 is 13.2 Å². The van der Waals surface area contributed by atoms with E-state index in [2.05, 4.69) is 0 Å². The fourth-order valence-corrected chi connectivity index (χ4v) is 2.36. The molecule has 1 rings (SSSR count). The van der Waals surface area contributed by atoms with Crippen molar-refractivity contribution in [1.29, 1.82) is 0 Å². The zero-order chi connectivity index (χ0) is 13.8. The molecular weight excluding hydrogens is 252 g/mol. The lowest BCUT2D eigenvalue weighted by Gasteiger charge is -2.10. The lowest BCUT2D eigenvalue weighted by molar-refractivity contribution is -0.120. The van der Waals surface area contributed by atoms with Gasteiger partial charge >= 0.3 is 0 Å². The molecule has 0 aliphatic rings. The van der Waals surface area contributed by atoms with Gasteiger partial charge in [-0.05, 0) is 31.5 Å². The van der Waals surface area contributed by atoms with Crippen LogP contribution < -0.4 is 10.5 Å². The summed E-state index contributed by atoms with van der Waals surface area (Å²) in [6, 6.07) is 6.30. The summed E-state index contributed by atoms with van der Waals surface area (Å²) < 4.78 is 25.8. The van der Waals surface area contributed by atoms with Crippen molar-refractivity contribution in [3.8, 4) is 0 Å². The molecule has 1 amide bonds. The first-order chi connectivity index (χ1) is 8.35. The third kappa shape index (κ3) is 4.12. The lowest BCUT2D eigenvalue weighted by Crippen LogP contribution is -2.32. The van der Waals surface area contributed by atoms with Gasteiger partial charge in [-0.3, -0.25) is 4.79 Å². The number of sulfonamides is 1. The van der Waals surface area contributed by atoms with E-state index in [-0.39, 0.29) is 17.2 Å². The fraction of sp³-hybridized carbons (Fsp3) is 0.417. The Kier molecular flexibility index (Phi) is 4.86. The van der Waals surface area contributed by atoms with E-state index in [0.717, 1.165) is 5.56 Å². The van der Waals surface area contributed by atoms with Gasteiger partial charge in [-0.25, -0.2) is 13.1 Å². The summed E-state index contributed by atoms with van der Waals surface area (Å²) in [5.74, 6) is -0.577. The van der Waals surface area contributed by atoms with Crippen LogP contribution in [0.5, 0.6) is 0 Å². The fourth-order valence-electron chi connectivity index (χ4n) is 1.37. The average molecular weight is 270 g/mol. The molecule has 1 unspecified atom stereocenters. The number of hydrogen-bond donors (Lipinski definition) is 2. The Morgan fingerprint density at radius 1 is 1.33 bits per heavy atom. The van der Waals surface area contributed by atoms with Gasteiger partial charge in [-0.15, -0.1) is 0 Å². The zero-order valence-electron chi connectivity index (χ0n) is 10.5. The van der Waals surface area contributed by atoms with E-state index in [0.29, 0.717) is 6.54 Å². The summed E-state index contributed by atoms with van der Waals surface area (Å²) in [5, 5.41) is 0. The van der Waals surface area contributed by atoms with Crippen molar-refractivity contribution in [2.45, 2.75) is 25.2 Å². The van der Waals surface area contributed by atoms with Crippen molar-refractivity contribution in [3.63, 3.8) is 0 Å². The third-order valence-corrected chi connectivity index (χ3v) is 3.90. The summed E-state index contributed by atoms with van der Waals surface area (Å²) in [5.41, 5.74) is 6.34. The first-order valence-electron chi connectivity index (χ1n) is 5.67. The van der Waals surface area contributed by atoms with Gasteiger partial charge in [0.05, 0.1) is 4.90 Å². The van der Waals surface area contributed by atoms with Crippen molar-refractivity contribution in [2.75, 3.05) is 6.54 Å². The maximum absolute atomic E-state index is 11.9. The topological polar surface area (TPSA) is 89.3 Å². The molecule has 0 bridgehead atoms. The Hall–Kier alpha value is -1.40. The predicted octanol–water partition coefficient (Wildman–Crippen LogP) is 0.785. The summed E-state index contributed by atoms with van der Waals surface area (Å²) in [4.78, 5) is 11.6. The Balaban J connectivity index is 2.76. The van der Waals surface area contributed by atoms with Crippen LogP contribution >= 0.6 is 0 Å². The first kappa shape index (κ1) is 14.7. The van der Waals surface area contributed by atoms with Crippen LogP contribution in [-0.4, -0.2) is 20.9 Å². The number of aryl methyl sites for hydroxylation is 1. The third-order valence-electron chi connectivity index (χ3n) is 2.52. The Morgan fingerprint density at radius 3 is 2.39 bits per heavy atom. The molecule has 0 heterocycles. The largest absolute Gasteiger partial charge is 0.330 e. The van der Waals surface area contributed by atoms with Gasteiger partial charge in [0, 0.05) is 6.42 Å². The predicted molar refractivity (Wildman–Crippen MR) is 69.3 cm³/mol. The molecule has 18 heavy (non-hydrogen) atoms. The highest BCUT2D eigenvalue weighted by molar-refractivity contribution is 7.90. The minimum atomic E-state index is -3.77. The quantitative estimate of drug-likeness (QED) is 0.827. The second-order valence-electron chi connectivity index (χ2n) is 4.39. The van der Waals surface area contributed by atoms with Gasteiger partial charge in [0.15, 0.2) is 0 Å². The van der Waals surface area contributed by atoms with Crippen LogP contribution in [0.3, 0.4) is 0 Å². The highest BCUT2D eigenvalue weighted by Gasteiger charge is 2.18. The molecule has 1 atom stereocenters. The van der Waals surface area contributed by atoms with Crippen molar-refractivity contribution >= 4 is 15.9 Å². The monoisotopic (exact) mass is 270 g/mol. The van der Waals surface area contributed by atoms with E-state index >= 15 is 0 Å². The summed E-state index contributed by atoms with van der Waals surface area (Å²) in [7, 11) is -3.77. The molecule has 3 N–H and O–H groups in total. The summed E-state index contributed by atoms with van der Waals surface area (Å²) >= 11 is 0. The number of carbonyl (C=O) groups excluding carboxylic acids is 1. The summed E-state index contributed by atoms with van der Waals surface area (Å²) in [6.45, 7) is 3.99. The molecule has 100 valence electrons. The molecule has 0 aliphatic carbocycles. The molecule has 1 aromatic carbocycles. The number of nitrogens with two attached hydrogens (primary N) is 1. The van der Waals surface area contributed by atoms with Crippen LogP contribution in [0, 0.1) is 12.8 Å². The Labute approximate surface area is 107 Å². The number of rotatable bonds is 5. The molecule has 6 heteroatoms. The smallest absolute Gasteiger partial charge is 0.264 e. The molecule has 1 aromatic rings. The average Bonchev–Trinajstić information content (AvgIpc) is 2.28. The molecule has 0 saturated carbocycles. The van der Waals surface area contributed by atoms with Gasteiger partial charge in [0.25, 0.3) is 10.0 Å². The molecule has 5 nitrogen and oxygen atoms in total. The van der Waals surface area contributed by atoms with Gasteiger partial charge in [-0.1, -0.05) is 24.6 Å². The first-order valence-corrected chi connectivity index (χ1v) is 7.16. The number of benzene rings is 1. The highest BCUT2D eigenvalue weighted by atomic mass is 32.2. The molecule has 0 spiro atoms. The van der Waals surface area contributed by atoms with E-state index in [1.165, 1.54) is 12.1 Å². The van der Waals surface area contributed by atoms with Crippen molar-refractivity contribution in [1.82, 2.24) is 4.72 Å². The van der Waals surface area contributed by atoms with Gasteiger partial charge in [0.2, 0.25) is 5.91 Å². The Bertz CT molecular complexity index is 509. The number of carbonyl (C=O) groups is 1. The maximum atomic E-state index is 11.9. The number of amides is 1. The van der Waals surface area contributed by atoms with E-state index < -0.39 is 15.9 Å². The van der Waals surface area contributed by atoms with E-state index in [4.69, 9.17) is 5.73 Å². The van der Waals surface area contributed by atoms with Crippen LogP contribution in [0.2, 0.25) is 0 Å². The van der Waals surface area contributed by atoms with Crippen LogP contribution in [0.25, 0.3) is 0 Å². The Morgan fingerprint density at radius 2 is 1.89 bits per heavy atom. The normalized spacial score (nSPS) is 13.1. The molecule has 0 fully saturated rings. The minimum absolute atomic E-state index is 0.0433. The lowest BCUT2D eigenvalue weighted by atomic mass is 10.1. The van der Waals surface area contributed by atoms with Crippen LogP contribution in [0.15, 0.2) is 29.2 Å². The van der Waals surface area contributed by atoms with Gasteiger partial charge in [0.1, 0.15) is 0 Å². The molecule has 0 radical (unpaired) electrons. The summed E-state index contributed by atoms with van der Waals surface area (Å²) in [6.07, 6.45) is 0.0988. The van der Waals surface area contributed by atoms with Crippen LogP contribution in [0.1, 0.15) is 18.9 Å². The minimum Gasteiger partial charge on any atom is -0.330 e. The van der Waals surface area contributed by atoms with Gasteiger partial charge in [-0.2, -0.15) is 0 Å². The van der Waals surface area contributed by atoms with Crippen molar-refractivity contribution in [3.05, 3.63) is 29.8 Å². The molecule has 0 aromatic heterocycles.